The summed E-state index contributed by atoms with van der Waals surface area (Å²) in [7, 11) is 0. The highest BCUT2D eigenvalue weighted by Crippen LogP contribution is 2.21. The first-order chi connectivity index (χ1) is 8.29. The minimum atomic E-state index is 0.466. The first kappa shape index (κ1) is 11.9. The summed E-state index contributed by atoms with van der Waals surface area (Å²) < 4.78 is 0. The molecule has 2 unspecified atom stereocenters. The number of aliphatic imine (C=N–C) groups is 1. The van der Waals surface area contributed by atoms with Gasteiger partial charge in [0, 0.05) is 17.7 Å². The molecule has 0 fully saturated rings. The molecule has 0 saturated carbocycles. The number of rotatable bonds is 2. The lowest BCUT2D eigenvalue weighted by molar-refractivity contribution is 0.746. The average molecular weight is 225 g/mol. The predicted molar refractivity (Wildman–Crippen MR) is 74.0 cm³/mol. The van der Waals surface area contributed by atoms with E-state index in [-0.39, 0.29) is 0 Å². The van der Waals surface area contributed by atoms with Gasteiger partial charge in [0.25, 0.3) is 0 Å². The number of hydrogen-bond donors (Lipinski definition) is 0. The van der Waals surface area contributed by atoms with Crippen LogP contribution in [0.2, 0.25) is 0 Å². The van der Waals surface area contributed by atoms with Crippen LogP contribution >= 0.6 is 0 Å². The summed E-state index contributed by atoms with van der Waals surface area (Å²) in [6.07, 6.45) is 17.0. The minimum Gasteiger partial charge on any atom is -0.260 e. The third kappa shape index (κ3) is 3.18. The SMILES string of the molecule is CCC1C=CC=C(C2=CCC(C)C=C=C2)N=C1. The zero-order chi connectivity index (χ0) is 12.1. The molecular weight excluding hydrogens is 206 g/mol. The highest BCUT2D eigenvalue weighted by atomic mass is 14.7. The van der Waals surface area contributed by atoms with Gasteiger partial charge in [-0.05, 0) is 37.0 Å². The van der Waals surface area contributed by atoms with E-state index >= 15 is 0 Å². The fraction of sp³-hybridized carbons (Fsp3) is 0.375. The van der Waals surface area contributed by atoms with Crippen molar-refractivity contribution < 1.29 is 0 Å². The van der Waals surface area contributed by atoms with Crippen LogP contribution in [0, 0.1) is 11.8 Å². The van der Waals surface area contributed by atoms with Gasteiger partial charge >= 0.3 is 0 Å². The van der Waals surface area contributed by atoms with Crippen molar-refractivity contribution in [3.63, 3.8) is 0 Å². The van der Waals surface area contributed by atoms with Crippen LogP contribution in [0.15, 0.2) is 58.4 Å². The van der Waals surface area contributed by atoms with Crippen molar-refractivity contribution in [2.75, 3.05) is 0 Å². The van der Waals surface area contributed by atoms with Crippen LogP contribution in [0.3, 0.4) is 0 Å². The van der Waals surface area contributed by atoms with Gasteiger partial charge in [0.2, 0.25) is 0 Å². The molecule has 0 aromatic heterocycles. The van der Waals surface area contributed by atoms with E-state index in [1.165, 1.54) is 5.57 Å². The smallest absolute Gasteiger partial charge is 0.0701 e. The highest BCUT2D eigenvalue weighted by Gasteiger charge is 2.06. The van der Waals surface area contributed by atoms with Crippen LogP contribution in [0.4, 0.5) is 0 Å². The highest BCUT2D eigenvalue weighted by molar-refractivity contribution is 5.67. The van der Waals surface area contributed by atoms with Gasteiger partial charge in [-0.25, -0.2) is 0 Å². The van der Waals surface area contributed by atoms with Crippen molar-refractivity contribution >= 4 is 6.21 Å². The van der Waals surface area contributed by atoms with E-state index in [0.29, 0.717) is 11.8 Å². The lowest BCUT2D eigenvalue weighted by Gasteiger charge is -2.03. The number of nitrogens with zero attached hydrogens (tertiary/aromatic N) is 1. The second kappa shape index (κ2) is 5.65. The zero-order valence-electron chi connectivity index (χ0n) is 10.6. The Kier molecular flexibility index (Phi) is 3.95. The number of hydrogen-bond acceptors (Lipinski definition) is 1. The van der Waals surface area contributed by atoms with Crippen LogP contribution in [0.5, 0.6) is 0 Å². The zero-order valence-corrected chi connectivity index (χ0v) is 10.6. The van der Waals surface area contributed by atoms with Crippen molar-refractivity contribution in [1.29, 1.82) is 0 Å². The van der Waals surface area contributed by atoms with Gasteiger partial charge in [-0.3, -0.25) is 4.99 Å². The lowest BCUT2D eigenvalue weighted by atomic mass is 10.1. The van der Waals surface area contributed by atoms with Crippen LogP contribution in [-0.2, 0) is 0 Å². The van der Waals surface area contributed by atoms with Crippen LogP contribution in [0.1, 0.15) is 26.7 Å². The summed E-state index contributed by atoms with van der Waals surface area (Å²) in [5.41, 5.74) is 5.46. The maximum Gasteiger partial charge on any atom is 0.0701 e. The molecule has 1 nitrogen and oxygen atoms in total. The maximum atomic E-state index is 4.59. The van der Waals surface area contributed by atoms with Crippen molar-refractivity contribution in [3.8, 4) is 0 Å². The van der Waals surface area contributed by atoms with Gasteiger partial charge in [0.05, 0.1) is 5.70 Å². The molecule has 0 bridgehead atoms. The largest absolute Gasteiger partial charge is 0.260 e. The molecule has 0 amide bonds. The van der Waals surface area contributed by atoms with Gasteiger partial charge < -0.3 is 0 Å². The van der Waals surface area contributed by atoms with E-state index in [1.807, 2.05) is 12.3 Å². The van der Waals surface area contributed by atoms with E-state index in [0.717, 1.165) is 18.5 Å². The third-order valence-corrected chi connectivity index (χ3v) is 3.11. The summed E-state index contributed by atoms with van der Waals surface area (Å²) in [5, 5.41) is 0. The molecule has 2 aliphatic rings. The normalized spacial score (nSPS) is 27.4. The molecule has 2 rings (SSSR count). The van der Waals surface area contributed by atoms with Crippen LogP contribution < -0.4 is 0 Å². The molecule has 0 aromatic rings. The first-order valence-corrected chi connectivity index (χ1v) is 6.35. The average Bonchev–Trinajstić information content (AvgIpc) is 2.69. The fourth-order valence-electron chi connectivity index (χ4n) is 1.89. The molecule has 0 radical (unpaired) electrons. The second-order valence-electron chi connectivity index (χ2n) is 4.64. The molecule has 1 heteroatoms. The van der Waals surface area contributed by atoms with Gasteiger partial charge in [-0.15, -0.1) is 5.73 Å². The van der Waals surface area contributed by atoms with Gasteiger partial charge in [0.1, 0.15) is 0 Å². The van der Waals surface area contributed by atoms with E-state index in [4.69, 9.17) is 0 Å². The third-order valence-electron chi connectivity index (χ3n) is 3.11. The summed E-state index contributed by atoms with van der Waals surface area (Å²) in [4.78, 5) is 4.59. The standard InChI is InChI=1S/C16H19N/c1-3-14-7-5-9-16(17-12-14)15-8-4-6-13(2)10-11-15/h5-9,11-14H,3,10H2,1-2H3. The van der Waals surface area contributed by atoms with Crippen molar-refractivity contribution in [2.24, 2.45) is 16.8 Å². The Morgan fingerprint density at radius 3 is 3.18 bits per heavy atom. The molecule has 0 saturated heterocycles. The number of allylic oxidation sites excluding steroid dienone is 5. The molecule has 17 heavy (non-hydrogen) atoms. The van der Waals surface area contributed by atoms with E-state index in [1.54, 1.807) is 0 Å². The van der Waals surface area contributed by atoms with Gasteiger partial charge in [0.15, 0.2) is 0 Å². The monoisotopic (exact) mass is 225 g/mol. The molecule has 0 N–H and O–H groups in total. The Morgan fingerprint density at radius 2 is 2.35 bits per heavy atom. The molecule has 0 aromatic carbocycles. The first-order valence-electron chi connectivity index (χ1n) is 6.35. The van der Waals surface area contributed by atoms with Crippen LogP contribution in [-0.4, -0.2) is 6.21 Å². The molecule has 1 aliphatic heterocycles. The van der Waals surface area contributed by atoms with E-state index < -0.39 is 0 Å². The van der Waals surface area contributed by atoms with E-state index in [9.17, 15) is 0 Å². The minimum absolute atomic E-state index is 0.466. The Labute approximate surface area is 104 Å². The van der Waals surface area contributed by atoms with Crippen LogP contribution in [0.25, 0.3) is 0 Å². The molecule has 1 aliphatic carbocycles. The Bertz CT molecular complexity index is 454. The quantitative estimate of drug-likeness (QED) is 0.624. The Balaban J connectivity index is 2.22. The van der Waals surface area contributed by atoms with Crippen molar-refractivity contribution in [2.45, 2.75) is 26.7 Å². The van der Waals surface area contributed by atoms with Gasteiger partial charge in [-0.1, -0.05) is 32.1 Å². The summed E-state index contributed by atoms with van der Waals surface area (Å²) >= 11 is 0. The maximum absolute atomic E-state index is 4.59. The molecule has 2 atom stereocenters. The van der Waals surface area contributed by atoms with E-state index in [2.05, 4.69) is 55.0 Å². The molecule has 1 heterocycles. The molecule has 0 spiro atoms. The second-order valence-corrected chi connectivity index (χ2v) is 4.64. The molecular formula is C16H19N. The van der Waals surface area contributed by atoms with Crippen molar-refractivity contribution in [1.82, 2.24) is 0 Å². The Hall–Kier alpha value is -1.59. The van der Waals surface area contributed by atoms with Gasteiger partial charge in [-0.2, -0.15) is 0 Å². The predicted octanol–water partition coefficient (Wildman–Crippen LogP) is 4.21. The van der Waals surface area contributed by atoms with Crippen molar-refractivity contribution in [3.05, 3.63) is 53.5 Å². The summed E-state index contributed by atoms with van der Waals surface area (Å²) in [5.74, 6) is 1.03. The summed E-state index contributed by atoms with van der Waals surface area (Å²) in [6.45, 7) is 4.39. The molecule has 88 valence electrons. The topological polar surface area (TPSA) is 12.4 Å². The fourth-order valence-corrected chi connectivity index (χ4v) is 1.89. The summed E-state index contributed by atoms with van der Waals surface area (Å²) in [6, 6.07) is 0. The lowest BCUT2D eigenvalue weighted by Crippen LogP contribution is -1.94. The Morgan fingerprint density at radius 1 is 1.47 bits per heavy atom.